The maximum atomic E-state index is 15.5. The molecule has 5 nitrogen and oxygen atoms in total. The van der Waals surface area contributed by atoms with Crippen LogP contribution in [0.2, 0.25) is 10.0 Å². The van der Waals surface area contributed by atoms with Crippen molar-refractivity contribution in [2.75, 3.05) is 4.72 Å². The molecule has 0 bridgehead atoms. The number of benzene rings is 2. The van der Waals surface area contributed by atoms with Gasteiger partial charge in [-0.3, -0.25) is 14.2 Å². The quantitative estimate of drug-likeness (QED) is 0.126. The standard InChI is InChI=1S/C27H14BrCl2F4N3O2S/c28-12-8-14-15(11-37(26(14)35-10-12)27(39)22-16(29)2-1-3-17(22)30)25(38)23-19(33)6-7-20(24(23)34)36-40-21-9-13(31)4-5-18(21)32/h1-4,6-11,18,36H,5H2. The summed E-state index contributed by atoms with van der Waals surface area (Å²) in [6, 6.07) is 7.84. The third-order valence-electron chi connectivity index (χ3n) is 5.96. The molecule has 40 heavy (non-hydrogen) atoms. The summed E-state index contributed by atoms with van der Waals surface area (Å²) in [5.41, 5.74) is -1.52. The molecule has 2 aromatic heterocycles. The van der Waals surface area contributed by atoms with E-state index in [4.69, 9.17) is 23.2 Å². The number of hydrogen-bond donors (Lipinski definition) is 1. The summed E-state index contributed by atoms with van der Waals surface area (Å²) >= 11 is 16.3. The van der Waals surface area contributed by atoms with Crippen LogP contribution in [0.1, 0.15) is 32.7 Å². The predicted molar refractivity (Wildman–Crippen MR) is 151 cm³/mol. The highest BCUT2D eigenvalue weighted by Crippen LogP contribution is 2.35. The molecular weight excluding hydrogens is 657 g/mol. The van der Waals surface area contributed by atoms with Gasteiger partial charge >= 0.3 is 0 Å². The fourth-order valence-electron chi connectivity index (χ4n) is 4.04. The number of nitrogens with zero attached hydrogens (tertiary/aromatic N) is 2. The van der Waals surface area contributed by atoms with Crippen LogP contribution < -0.4 is 4.72 Å². The number of fused-ring (bicyclic) bond motifs is 1. The molecule has 0 aliphatic heterocycles. The fraction of sp³-hybridized carbons (Fsp3) is 0.0741. The molecule has 204 valence electrons. The Morgan fingerprint density at radius 2 is 1.82 bits per heavy atom. The Morgan fingerprint density at radius 1 is 1.10 bits per heavy atom. The van der Waals surface area contributed by atoms with Crippen molar-refractivity contribution >= 4 is 79.5 Å². The number of rotatable bonds is 6. The van der Waals surface area contributed by atoms with E-state index in [0.29, 0.717) is 16.4 Å². The van der Waals surface area contributed by atoms with Crippen molar-refractivity contribution in [2.24, 2.45) is 0 Å². The number of hydrogen-bond acceptors (Lipinski definition) is 5. The minimum atomic E-state index is -1.51. The lowest BCUT2D eigenvalue weighted by Gasteiger charge is -2.16. The molecule has 1 N–H and O–H groups in total. The van der Waals surface area contributed by atoms with Crippen LogP contribution in [0.3, 0.4) is 0 Å². The van der Waals surface area contributed by atoms with E-state index >= 15 is 4.39 Å². The highest BCUT2D eigenvalue weighted by molar-refractivity contribution is 9.10. The Morgan fingerprint density at radius 3 is 2.55 bits per heavy atom. The molecule has 0 spiro atoms. The van der Waals surface area contributed by atoms with Gasteiger partial charge in [0, 0.05) is 33.6 Å². The van der Waals surface area contributed by atoms with Crippen LogP contribution in [0.25, 0.3) is 11.0 Å². The molecule has 1 aliphatic rings. The van der Waals surface area contributed by atoms with Crippen molar-refractivity contribution < 1.29 is 27.2 Å². The third-order valence-corrected chi connectivity index (χ3v) is 7.95. The molecule has 2 heterocycles. The first kappa shape index (κ1) is 28.4. The Bertz CT molecular complexity index is 1760. The molecule has 13 heteroatoms. The first-order valence-corrected chi connectivity index (χ1v) is 13.8. The van der Waals surface area contributed by atoms with E-state index in [2.05, 4.69) is 25.6 Å². The highest BCUT2D eigenvalue weighted by Gasteiger charge is 2.28. The number of ketones is 1. The average molecular weight is 671 g/mol. The van der Waals surface area contributed by atoms with Crippen molar-refractivity contribution in [3.05, 3.63) is 115 Å². The van der Waals surface area contributed by atoms with E-state index < -0.39 is 40.9 Å². The van der Waals surface area contributed by atoms with Crippen LogP contribution in [0.15, 0.2) is 76.1 Å². The number of halogens is 7. The fourth-order valence-corrected chi connectivity index (χ4v) is 5.71. The third kappa shape index (κ3) is 5.30. The molecule has 0 fully saturated rings. The average Bonchev–Trinajstić information content (AvgIpc) is 3.28. The summed E-state index contributed by atoms with van der Waals surface area (Å²) in [6.45, 7) is 0. The van der Waals surface area contributed by atoms with E-state index in [-0.39, 0.29) is 49.2 Å². The minimum absolute atomic E-state index is 0.0199. The van der Waals surface area contributed by atoms with Crippen molar-refractivity contribution in [3.63, 3.8) is 0 Å². The summed E-state index contributed by atoms with van der Waals surface area (Å²) < 4.78 is 62.1. The van der Waals surface area contributed by atoms with Crippen molar-refractivity contribution in [3.8, 4) is 0 Å². The molecule has 1 aliphatic carbocycles. The van der Waals surface area contributed by atoms with E-state index in [1.54, 1.807) is 6.07 Å². The lowest BCUT2D eigenvalue weighted by Crippen LogP contribution is -2.13. The number of aromatic nitrogens is 2. The normalized spacial score (nSPS) is 15.1. The van der Waals surface area contributed by atoms with Gasteiger partial charge in [0.15, 0.2) is 5.82 Å². The lowest BCUT2D eigenvalue weighted by atomic mass is 10.0. The number of nitrogens with one attached hydrogen (secondary N) is 1. The van der Waals surface area contributed by atoms with Gasteiger partial charge < -0.3 is 4.72 Å². The Balaban J connectivity index is 1.57. The van der Waals surface area contributed by atoms with Gasteiger partial charge in [0.2, 0.25) is 5.78 Å². The number of carbonyl (C=O) groups excluding carboxylic acids is 2. The number of alkyl halides is 1. The molecule has 5 rings (SSSR count). The van der Waals surface area contributed by atoms with Gasteiger partial charge in [0.1, 0.15) is 23.5 Å². The van der Waals surface area contributed by atoms with Gasteiger partial charge in [-0.05, 0) is 70.4 Å². The number of allylic oxidation sites excluding steroid dienone is 4. The second-order valence-electron chi connectivity index (χ2n) is 8.50. The largest absolute Gasteiger partial charge is 0.323 e. The van der Waals surface area contributed by atoms with E-state index in [0.717, 1.165) is 35.0 Å². The Labute approximate surface area is 247 Å². The molecule has 2 aromatic carbocycles. The van der Waals surface area contributed by atoms with Crippen LogP contribution in [-0.2, 0) is 0 Å². The summed E-state index contributed by atoms with van der Waals surface area (Å²) in [4.78, 5) is 31.2. The predicted octanol–water partition coefficient (Wildman–Crippen LogP) is 8.84. The second kappa shape index (κ2) is 11.4. The van der Waals surface area contributed by atoms with Crippen LogP contribution in [0.4, 0.5) is 23.2 Å². The van der Waals surface area contributed by atoms with Gasteiger partial charge in [-0.15, -0.1) is 0 Å². The molecule has 0 radical (unpaired) electrons. The number of carbonyl (C=O) groups is 2. The van der Waals surface area contributed by atoms with Crippen molar-refractivity contribution in [2.45, 2.75) is 12.6 Å². The summed E-state index contributed by atoms with van der Waals surface area (Å²) in [5.74, 6) is -4.87. The first-order valence-electron chi connectivity index (χ1n) is 11.4. The van der Waals surface area contributed by atoms with Gasteiger partial charge in [-0.2, -0.15) is 0 Å². The maximum Gasteiger partial charge on any atom is 0.266 e. The topological polar surface area (TPSA) is 64.0 Å². The Hall–Kier alpha value is -3.12. The van der Waals surface area contributed by atoms with Crippen molar-refractivity contribution in [1.82, 2.24) is 9.55 Å². The zero-order valence-corrected chi connectivity index (χ0v) is 23.7. The van der Waals surface area contributed by atoms with E-state index in [9.17, 15) is 22.8 Å². The second-order valence-corrected chi connectivity index (χ2v) is 11.1. The monoisotopic (exact) mass is 669 g/mol. The molecule has 0 saturated carbocycles. The van der Waals surface area contributed by atoms with Crippen LogP contribution in [0.5, 0.6) is 0 Å². The smallest absolute Gasteiger partial charge is 0.266 e. The lowest BCUT2D eigenvalue weighted by molar-refractivity contribution is 0.0964. The first-order chi connectivity index (χ1) is 19.1. The summed E-state index contributed by atoms with van der Waals surface area (Å²) in [5, 5.41) is 0.227. The molecular formula is C27H14BrCl2F4N3O2S. The Kier molecular flexibility index (Phi) is 8.10. The van der Waals surface area contributed by atoms with Crippen LogP contribution in [0, 0.1) is 11.6 Å². The molecule has 0 saturated heterocycles. The minimum Gasteiger partial charge on any atom is -0.323 e. The van der Waals surface area contributed by atoms with Crippen LogP contribution >= 0.6 is 51.1 Å². The zero-order chi connectivity index (χ0) is 28.7. The molecule has 1 unspecified atom stereocenters. The van der Waals surface area contributed by atoms with Crippen molar-refractivity contribution in [1.29, 1.82) is 0 Å². The SMILES string of the molecule is O=C(c1c(F)ccc(NSC2=CC(F)=CCC2F)c1F)c1cn(C(=O)c2c(Cl)cccc2Cl)c2ncc(Br)cc12. The summed E-state index contributed by atoms with van der Waals surface area (Å²) in [6.07, 6.45) is 2.83. The van der Waals surface area contributed by atoms with Gasteiger partial charge in [-0.1, -0.05) is 29.3 Å². The van der Waals surface area contributed by atoms with Gasteiger partial charge in [0.05, 0.1) is 32.4 Å². The maximum absolute atomic E-state index is 15.5. The summed E-state index contributed by atoms with van der Waals surface area (Å²) in [7, 11) is 0. The zero-order valence-electron chi connectivity index (χ0n) is 19.8. The molecule has 0 amide bonds. The number of anilines is 1. The van der Waals surface area contributed by atoms with E-state index in [1.165, 1.54) is 24.4 Å². The molecule has 4 aromatic rings. The van der Waals surface area contributed by atoms with E-state index in [1.807, 2.05) is 0 Å². The van der Waals surface area contributed by atoms with Gasteiger partial charge in [-0.25, -0.2) is 22.5 Å². The number of pyridine rings is 1. The highest BCUT2D eigenvalue weighted by atomic mass is 79.9. The van der Waals surface area contributed by atoms with Crippen LogP contribution in [-0.4, -0.2) is 27.4 Å². The van der Waals surface area contributed by atoms with Gasteiger partial charge in [0.25, 0.3) is 5.91 Å². The molecule has 1 atom stereocenters.